The first-order valence-electron chi connectivity index (χ1n) is 5.53. The number of hydrogen-bond donors (Lipinski definition) is 1. The van der Waals surface area contributed by atoms with E-state index in [1.165, 1.54) is 0 Å². The first-order valence-corrected chi connectivity index (χ1v) is 7.14. The summed E-state index contributed by atoms with van der Waals surface area (Å²) in [7, 11) is 0. The molecule has 0 unspecified atom stereocenters. The van der Waals surface area contributed by atoms with Crippen molar-refractivity contribution in [2.45, 2.75) is 20.3 Å². The molecule has 1 heterocycles. The highest BCUT2D eigenvalue weighted by Gasteiger charge is 2.11. The lowest BCUT2D eigenvalue weighted by atomic mass is 10.2. The monoisotopic (exact) mass is 324 g/mol. The number of amides is 1. The molecule has 1 aromatic heterocycles. The van der Waals surface area contributed by atoms with Crippen molar-refractivity contribution in [3.63, 3.8) is 0 Å². The molecule has 0 atom stereocenters. The summed E-state index contributed by atoms with van der Waals surface area (Å²) in [4.78, 5) is 17.3. The van der Waals surface area contributed by atoms with Gasteiger partial charge in [-0.05, 0) is 41.9 Å². The Balaban J connectivity index is 2.06. The summed E-state index contributed by atoms with van der Waals surface area (Å²) >= 11 is 4.98. The number of nitrogens with one attached hydrogen (secondary N) is 1. The molecule has 5 heteroatoms. The number of rotatable bonds is 3. The van der Waals surface area contributed by atoms with E-state index in [1.54, 1.807) is 11.3 Å². The Morgan fingerprint density at radius 3 is 2.72 bits per heavy atom. The zero-order chi connectivity index (χ0) is 13.1. The van der Waals surface area contributed by atoms with E-state index in [0.29, 0.717) is 6.42 Å². The summed E-state index contributed by atoms with van der Waals surface area (Å²) in [6.45, 7) is 3.89. The lowest BCUT2D eigenvalue weighted by Gasteiger charge is -2.06. The summed E-state index contributed by atoms with van der Waals surface area (Å²) in [5.74, 6) is -0.0198. The molecule has 3 nitrogen and oxygen atoms in total. The smallest absolute Gasteiger partial charge is 0.229 e. The minimum atomic E-state index is -0.0198. The van der Waals surface area contributed by atoms with Crippen molar-refractivity contribution in [2.24, 2.45) is 0 Å². The van der Waals surface area contributed by atoms with E-state index in [-0.39, 0.29) is 5.91 Å². The zero-order valence-corrected chi connectivity index (χ0v) is 12.6. The maximum absolute atomic E-state index is 11.9. The molecule has 2 rings (SSSR count). The highest BCUT2D eigenvalue weighted by atomic mass is 79.9. The quantitative estimate of drug-likeness (QED) is 0.935. The number of benzene rings is 1. The summed E-state index contributed by atoms with van der Waals surface area (Å²) in [6.07, 6.45) is 0.374. The number of carbonyl (C=O) groups is 1. The van der Waals surface area contributed by atoms with Crippen molar-refractivity contribution < 1.29 is 4.79 Å². The average Bonchev–Trinajstić information content (AvgIpc) is 2.61. The standard InChI is InChI=1S/C13H13BrN2OS/c1-8-12(18-9(2)15-8)7-13(17)16-11-6-4-3-5-10(11)14/h3-6H,7H2,1-2H3,(H,16,17). The normalized spacial score (nSPS) is 10.4. The van der Waals surface area contributed by atoms with Crippen LogP contribution in [0.25, 0.3) is 0 Å². The van der Waals surface area contributed by atoms with Gasteiger partial charge in [0, 0.05) is 9.35 Å². The van der Waals surface area contributed by atoms with Crippen LogP contribution in [0.3, 0.4) is 0 Å². The first kappa shape index (κ1) is 13.2. The molecule has 2 aromatic rings. The van der Waals surface area contributed by atoms with Crippen LogP contribution in [0, 0.1) is 13.8 Å². The molecule has 18 heavy (non-hydrogen) atoms. The molecule has 0 aliphatic rings. The van der Waals surface area contributed by atoms with E-state index in [1.807, 2.05) is 38.1 Å². The van der Waals surface area contributed by atoms with Crippen molar-refractivity contribution >= 4 is 38.9 Å². The summed E-state index contributed by atoms with van der Waals surface area (Å²) < 4.78 is 0.885. The molecule has 0 saturated heterocycles. The van der Waals surface area contributed by atoms with Crippen LogP contribution in [0.5, 0.6) is 0 Å². The van der Waals surface area contributed by atoms with Gasteiger partial charge in [-0.3, -0.25) is 4.79 Å². The number of hydrogen-bond acceptors (Lipinski definition) is 3. The molecular formula is C13H13BrN2OS. The van der Waals surface area contributed by atoms with E-state index < -0.39 is 0 Å². The Morgan fingerprint density at radius 1 is 1.39 bits per heavy atom. The Kier molecular flexibility index (Phi) is 4.14. The van der Waals surface area contributed by atoms with Gasteiger partial charge < -0.3 is 5.32 Å². The Labute approximate surface area is 118 Å². The fourth-order valence-electron chi connectivity index (χ4n) is 1.64. The van der Waals surface area contributed by atoms with E-state index in [2.05, 4.69) is 26.2 Å². The van der Waals surface area contributed by atoms with Gasteiger partial charge in [0.25, 0.3) is 0 Å². The van der Waals surface area contributed by atoms with Gasteiger partial charge in [0.2, 0.25) is 5.91 Å². The lowest BCUT2D eigenvalue weighted by Crippen LogP contribution is -2.14. The van der Waals surface area contributed by atoms with Gasteiger partial charge in [0.1, 0.15) is 0 Å². The Bertz CT molecular complexity index is 580. The number of anilines is 1. The number of aryl methyl sites for hydroxylation is 2. The Hall–Kier alpha value is -1.20. The van der Waals surface area contributed by atoms with Crippen LogP contribution in [-0.4, -0.2) is 10.9 Å². The fourth-order valence-corrected chi connectivity index (χ4v) is 2.96. The van der Waals surface area contributed by atoms with Crippen LogP contribution in [0.4, 0.5) is 5.69 Å². The molecule has 0 saturated carbocycles. The fraction of sp³-hybridized carbons (Fsp3) is 0.231. The van der Waals surface area contributed by atoms with Gasteiger partial charge >= 0.3 is 0 Å². The number of carbonyl (C=O) groups excluding carboxylic acids is 1. The third-order valence-electron chi connectivity index (χ3n) is 2.47. The summed E-state index contributed by atoms with van der Waals surface area (Å²) in [6, 6.07) is 7.57. The topological polar surface area (TPSA) is 42.0 Å². The molecule has 0 aliphatic heterocycles. The van der Waals surface area contributed by atoms with Gasteiger partial charge in [-0.2, -0.15) is 0 Å². The van der Waals surface area contributed by atoms with Crippen molar-refractivity contribution in [3.8, 4) is 0 Å². The lowest BCUT2D eigenvalue weighted by molar-refractivity contribution is -0.115. The van der Waals surface area contributed by atoms with Gasteiger partial charge in [0.15, 0.2) is 0 Å². The third kappa shape index (κ3) is 3.17. The first-order chi connectivity index (χ1) is 8.56. The van der Waals surface area contributed by atoms with Crippen LogP contribution in [0.1, 0.15) is 15.6 Å². The molecular weight excluding hydrogens is 312 g/mol. The number of para-hydroxylation sites is 1. The molecule has 0 spiro atoms. The van der Waals surface area contributed by atoms with Gasteiger partial charge in [-0.1, -0.05) is 12.1 Å². The summed E-state index contributed by atoms with van der Waals surface area (Å²) in [5.41, 5.74) is 1.74. The number of aromatic nitrogens is 1. The number of thiazole rings is 1. The maximum Gasteiger partial charge on any atom is 0.229 e. The number of halogens is 1. The van der Waals surface area contributed by atoms with Gasteiger partial charge in [-0.15, -0.1) is 11.3 Å². The molecule has 1 aromatic carbocycles. The summed E-state index contributed by atoms with van der Waals surface area (Å²) in [5, 5.41) is 3.88. The third-order valence-corrected chi connectivity index (χ3v) is 4.23. The zero-order valence-electron chi connectivity index (χ0n) is 10.2. The largest absolute Gasteiger partial charge is 0.325 e. The molecule has 0 radical (unpaired) electrons. The molecule has 94 valence electrons. The minimum absolute atomic E-state index is 0.0198. The maximum atomic E-state index is 11.9. The van der Waals surface area contributed by atoms with E-state index in [0.717, 1.165) is 25.7 Å². The van der Waals surface area contributed by atoms with E-state index in [9.17, 15) is 4.79 Å². The number of nitrogens with zero attached hydrogens (tertiary/aromatic N) is 1. The van der Waals surface area contributed by atoms with Crippen molar-refractivity contribution in [1.29, 1.82) is 0 Å². The van der Waals surface area contributed by atoms with Gasteiger partial charge in [-0.25, -0.2) is 4.98 Å². The second kappa shape index (κ2) is 5.63. The van der Waals surface area contributed by atoms with E-state index >= 15 is 0 Å². The molecule has 1 N–H and O–H groups in total. The molecule has 0 fully saturated rings. The van der Waals surface area contributed by atoms with E-state index in [4.69, 9.17) is 0 Å². The SMILES string of the molecule is Cc1nc(C)c(CC(=O)Nc2ccccc2Br)s1. The van der Waals surface area contributed by atoms with Crippen molar-refractivity contribution in [2.75, 3.05) is 5.32 Å². The highest BCUT2D eigenvalue weighted by molar-refractivity contribution is 9.10. The minimum Gasteiger partial charge on any atom is -0.325 e. The second-order valence-electron chi connectivity index (χ2n) is 3.95. The molecule has 0 bridgehead atoms. The highest BCUT2D eigenvalue weighted by Crippen LogP contribution is 2.22. The van der Waals surface area contributed by atoms with Crippen LogP contribution < -0.4 is 5.32 Å². The average molecular weight is 325 g/mol. The van der Waals surface area contributed by atoms with Crippen LogP contribution in [0.2, 0.25) is 0 Å². The van der Waals surface area contributed by atoms with Crippen LogP contribution >= 0.6 is 27.3 Å². The Morgan fingerprint density at radius 2 is 2.11 bits per heavy atom. The predicted molar refractivity (Wildman–Crippen MR) is 78.1 cm³/mol. The van der Waals surface area contributed by atoms with Gasteiger partial charge in [0.05, 0.1) is 22.8 Å². The van der Waals surface area contributed by atoms with Crippen LogP contribution in [0.15, 0.2) is 28.7 Å². The predicted octanol–water partition coefficient (Wildman–Crippen LogP) is 3.70. The van der Waals surface area contributed by atoms with Crippen molar-refractivity contribution in [3.05, 3.63) is 44.3 Å². The van der Waals surface area contributed by atoms with Crippen LogP contribution in [-0.2, 0) is 11.2 Å². The van der Waals surface area contributed by atoms with Crippen molar-refractivity contribution in [1.82, 2.24) is 4.98 Å². The second-order valence-corrected chi connectivity index (χ2v) is 6.09. The molecule has 1 amide bonds. The molecule has 0 aliphatic carbocycles.